The van der Waals surface area contributed by atoms with Gasteiger partial charge in [-0.3, -0.25) is 4.79 Å². The van der Waals surface area contributed by atoms with Crippen molar-refractivity contribution in [1.82, 2.24) is 19.5 Å². The first-order valence-electron chi connectivity index (χ1n) is 8.42. The summed E-state index contributed by atoms with van der Waals surface area (Å²) in [4.78, 5) is 24.2. The predicted octanol–water partition coefficient (Wildman–Crippen LogP) is 3.57. The fraction of sp³-hybridized carbons (Fsp3) is 0.222. The Hall–Kier alpha value is -3.64. The molecular weight excluding hydrogens is 434 g/mol. The number of ether oxygens (including phenoxy) is 2. The molecule has 0 N–H and O–H groups in total. The highest BCUT2D eigenvalue weighted by atomic mass is 19.4. The van der Waals surface area contributed by atoms with E-state index < -0.39 is 37.1 Å². The standard InChI is InChI=1S/C18H12F6N4O3/c19-17(20,21)8-30-12-3-1-11(2-4-12)28-15(29)7-14(13-5-6-25-10-26-13)27-16(28)31-9-18(22,23)24/h1-7,10H,8-9H2. The van der Waals surface area contributed by atoms with Crippen LogP contribution in [-0.2, 0) is 0 Å². The van der Waals surface area contributed by atoms with Crippen LogP contribution in [-0.4, -0.2) is 45.1 Å². The SMILES string of the molecule is O=c1cc(-c2ccncn2)nc(OCC(F)(F)F)n1-c1ccc(OCC(F)(F)F)cc1. The third kappa shape index (κ3) is 6.17. The van der Waals surface area contributed by atoms with E-state index in [-0.39, 0.29) is 22.8 Å². The summed E-state index contributed by atoms with van der Waals surface area (Å²) in [6.07, 6.45) is -6.73. The van der Waals surface area contributed by atoms with Gasteiger partial charge in [0.1, 0.15) is 12.1 Å². The van der Waals surface area contributed by atoms with E-state index >= 15 is 0 Å². The monoisotopic (exact) mass is 446 g/mol. The van der Waals surface area contributed by atoms with Crippen molar-refractivity contribution in [3.63, 3.8) is 0 Å². The molecule has 2 heterocycles. The number of benzene rings is 1. The van der Waals surface area contributed by atoms with Crippen molar-refractivity contribution in [2.24, 2.45) is 0 Å². The van der Waals surface area contributed by atoms with Crippen molar-refractivity contribution in [2.75, 3.05) is 13.2 Å². The number of hydrogen-bond donors (Lipinski definition) is 0. The molecule has 2 aromatic heterocycles. The van der Waals surface area contributed by atoms with Gasteiger partial charge in [0, 0.05) is 12.3 Å². The van der Waals surface area contributed by atoms with Crippen LogP contribution in [0.3, 0.4) is 0 Å². The molecule has 0 bridgehead atoms. The molecule has 0 unspecified atom stereocenters. The molecule has 0 radical (unpaired) electrons. The van der Waals surface area contributed by atoms with Gasteiger partial charge in [0.2, 0.25) is 0 Å². The highest BCUT2D eigenvalue weighted by Crippen LogP contribution is 2.24. The largest absolute Gasteiger partial charge is 0.484 e. The summed E-state index contributed by atoms with van der Waals surface area (Å²) in [7, 11) is 0. The van der Waals surface area contributed by atoms with Gasteiger partial charge in [-0.15, -0.1) is 0 Å². The van der Waals surface area contributed by atoms with Gasteiger partial charge in [0.05, 0.1) is 17.1 Å². The molecule has 0 saturated carbocycles. The quantitative estimate of drug-likeness (QED) is 0.539. The van der Waals surface area contributed by atoms with Crippen LogP contribution in [0.15, 0.2) is 53.7 Å². The maximum absolute atomic E-state index is 12.7. The topological polar surface area (TPSA) is 79.1 Å². The van der Waals surface area contributed by atoms with Gasteiger partial charge < -0.3 is 9.47 Å². The van der Waals surface area contributed by atoms with Crippen LogP contribution in [0.2, 0.25) is 0 Å². The minimum atomic E-state index is -4.71. The Kier molecular flexibility index (Phi) is 6.13. The normalized spacial score (nSPS) is 11.9. The minimum absolute atomic E-state index is 0.00303. The smallest absolute Gasteiger partial charge is 0.422 e. The zero-order chi connectivity index (χ0) is 22.6. The third-order valence-corrected chi connectivity index (χ3v) is 3.59. The van der Waals surface area contributed by atoms with Crippen LogP contribution < -0.4 is 15.0 Å². The van der Waals surface area contributed by atoms with E-state index in [9.17, 15) is 31.1 Å². The summed E-state index contributed by atoms with van der Waals surface area (Å²) < 4.78 is 84.8. The molecule has 164 valence electrons. The van der Waals surface area contributed by atoms with Crippen LogP contribution in [0, 0.1) is 0 Å². The van der Waals surface area contributed by atoms with Crippen LogP contribution in [0.4, 0.5) is 26.3 Å². The van der Waals surface area contributed by atoms with E-state index in [1.165, 1.54) is 30.7 Å². The lowest BCUT2D eigenvalue weighted by molar-refractivity contribution is -0.155. The van der Waals surface area contributed by atoms with Crippen molar-refractivity contribution < 1.29 is 35.8 Å². The van der Waals surface area contributed by atoms with Gasteiger partial charge in [0.15, 0.2) is 13.2 Å². The molecule has 7 nitrogen and oxygen atoms in total. The molecule has 13 heteroatoms. The van der Waals surface area contributed by atoms with E-state index in [0.29, 0.717) is 0 Å². The van der Waals surface area contributed by atoms with Crippen LogP contribution in [0.25, 0.3) is 17.1 Å². The molecule has 0 aliphatic rings. The Morgan fingerprint density at radius 3 is 2.10 bits per heavy atom. The first-order chi connectivity index (χ1) is 14.5. The molecule has 3 aromatic rings. The lowest BCUT2D eigenvalue weighted by Crippen LogP contribution is -2.26. The van der Waals surface area contributed by atoms with Crippen molar-refractivity contribution in [3.8, 4) is 28.8 Å². The molecule has 0 spiro atoms. The summed E-state index contributed by atoms with van der Waals surface area (Å²) in [6, 6.07) is 6.35. The first-order valence-corrected chi connectivity index (χ1v) is 8.42. The van der Waals surface area contributed by atoms with Crippen molar-refractivity contribution >= 4 is 0 Å². The second-order valence-electron chi connectivity index (χ2n) is 5.99. The fourth-order valence-corrected chi connectivity index (χ4v) is 2.37. The zero-order valence-corrected chi connectivity index (χ0v) is 15.3. The van der Waals surface area contributed by atoms with Crippen molar-refractivity contribution in [1.29, 1.82) is 0 Å². The van der Waals surface area contributed by atoms with Crippen molar-refractivity contribution in [3.05, 3.63) is 59.3 Å². The molecule has 3 rings (SSSR count). The Morgan fingerprint density at radius 2 is 1.52 bits per heavy atom. The maximum atomic E-state index is 12.7. The van der Waals surface area contributed by atoms with Gasteiger partial charge in [-0.25, -0.2) is 14.5 Å². The molecule has 0 aliphatic heterocycles. The molecule has 31 heavy (non-hydrogen) atoms. The lowest BCUT2D eigenvalue weighted by atomic mass is 10.2. The number of halogens is 6. The number of nitrogens with zero attached hydrogens (tertiary/aromatic N) is 4. The molecule has 1 aromatic carbocycles. The lowest BCUT2D eigenvalue weighted by Gasteiger charge is -2.15. The second-order valence-corrected chi connectivity index (χ2v) is 5.99. The Balaban J connectivity index is 1.99. The molecule has 0 saturated heterocycles. The van der Waals surface area contributed by atoms with E-state index in [1.54, 1.807) is 0 Å². The summed E-state index contributed by atoms with van der Waals surface area (Å²) >= 11 is 0. The average molecular weight is 446 g/mol. The number of alkyl halides is 6. The molecular formula is C18H12F6N4O3. The van der Waals surface area contributed by atoms with E-state index in [2.05, 4.69) is 19.7 Å². The molecule has 0 atom stereocenters. The van der Waals surface area contributed by atoms with Gasteiger partial charge in [-0.1, -0.05) is 0 Å². The predicted molar refractivity (Wildman–Crippen MR) is 94.0 cm³/mol. The zero-order valence-electron chi connectivity index (χ0n) is 15.3. The number of aromatic nitrogens is 4. The summed E-state index contributed by atoms with van der Waals surface area (Å²) in [5.74, 6) is -0.155. The number of hydrogen-bond acceptors (Lipinski definition) is 6. The van der Waals surface area contributed by atoms with Gasteiger partial charge >= 0.3 is 18.4 Å². The van der Waals surface area contributed by atoms with Crippen LogP contribution in [0.1, 0.15) is 0 Å². The van der Waals surface area contributed by atoms with Crippen molar-refractivity contribution in [2.45, 2.75) is 12.4 Å². The Bertz CT molecular complexity index is 1080. The second kappa shape index (κ2) is 8.62. The van der Waals surface area contributed by atoms with E-state index in [0.717, 1.165) is 22.8 Å². The van der Waals surface area contributed by atoms with E-state index in [1.807, 2.05) is 0 Å². The average Bonchev–Trinajstić information content (AvgIpc) is 2.70. The summed E-state index contributed by atoms with van der Waals surface area (Å²) in [5.41, 5.74) is -0.675. The molecule has 0 amide bonds. The highest BCUT2D eigenvalue weighted by Gasteiger charge is 2.30. The van der Waals surface area contributed by atoms with Crippen LogP contribution in [0.5, 0.6) is 11.8 Å². The number of rotatable bonds is 6. The third-order valence-electron chi connectivity index (χ3n) is 3.59. The minimum Gasteiger partial charge on any atom is -0.484 e. The summed E-state index contributed by atoms with van der Waals surface area (Å²) in [6.45, 7) is -3.25. The summed E-state index contributed by atoms with van der Waals surface area (Å²) in [5, 5.41) is 0. The maximum Gasteiger partial charge on any atom is 0.422 e. The van der Waals surface area contributed by atoms with E-state index in [4.69, 9.17) is 4.74 Å². The fourth-order valence-electron chi connectivity index (χ4n) is 2.37. The van der Waals surface area contributed by atoms with Gasteiger partial charge in [0.25, 0.3) is 5.56 Å². The Labute approximate surface area is 169 Å². The first kappa shape index (κ1) is 22.1. The highest BCUT2D eigenvalue weighted by molar-refractivity contribution is 5.54. The van der Waals surface area contributed by atoms with Gasteiger partial charge in [-0.2, -0.15) is 31.3 Å². The molecule has 0 fully saturated rings. The molecule has 0 aliphatic carbocycles. The van der Waals surface area contributed by atoms with Crippen LogP contribution >= 0.6 is 0 Å². The van der Waals surface area contributed by atoms with Gasteiger partial charge in [-0.05, 0) is 30.3 Å². The Morgan fingerprint density at radius 1 is 0.871 bits per heavy atom.